The molecule has 4 heteroatoms. The summed E-state index contributed by atoms with van der Waals surface area (Å²) in [5, 5.41) is 3.48. The first-order valence-electron chi connectivity index (χ1n) is 9.61. The van der Waals surface area contributed by atoms with Crippen molar-refractivity contribution in [1.29, 1.82) is 0 Å². The molecule has 0 fully saturated rings. The van der Waals surface area contributed by atoms with E-state index in [0.717, 1.165) is 35.4 Å². The maximum atomic E-state index is 13.6. The van der Waals surface area contributed by atoms with Gasteiger partial charge in [0.25, 0.3) is 0 Å². The summed E-state index contributed by atoms with van der Waals surface area (Å²) in [6.45, 7) is 0.746. The van der Waals surface area contributed by atoms with Crippen LogP contribution in [0.5, 0.6) is 11.5 Å². The molecule has 0 atom stereocenters. The van der Waals surface area contributed by atoms with Gasteiger partial charge in [0.05, 0.1) is 25.5 Å². The number of carbonyl (C=O) groups is 1. The number of nitrogens with one attached hydrogen (secondary N) is 1. The zero-order valence-electron chi connectivity index (χ0n) is 16.6. The van der Waals surface area contributed by atoms with Crippen molar-refractivity contribution in [2.24, 2.45) is 0 Å². The van der Waals surface area contributed by atoms with Crippen molar-refractivity contribution < 1.29 is 14.3 Å². The maximum absolute atomic E-state index is 13.6. The molecule has 3 aromatic carbocycles. The monoisotopic (exact) mass is 385 g/mol. The number of methoxy groups -OCH3 is 2. The number of ketones is 1. The second-order valence-electron chi connectivity index (χ2n) is 6.85. The summed E-state index contributed by atoms with van der Waals surface area (Å²) in [6, 6.07) is 23.1. The molecule has 0 amide bonds. The highest BCUT2D eigenvalue weighted by molar-refractivity contribution is 6.34. The van der Waals surface area contributed by atoms with Gasteiger partial charge in [-0.1, -0.05) is 60.7 Å². The zero-order valence-corrected chi connectivity index (χ0v) is 16.6. The molecule has 0 saturated heterocycles. The Morgan fingerprint density at radius 2 is 1.41 bits per heavy atom. The number of carbonyl (C=O) groups excluding carboxylic acids is 1. The standard InChI is InChI=1S/C25H23NO3/c1-28-21-15-19-13-14-26-24(20(19)16-22(21)29-2)23(17-9-5-3-6-10-17)25(27)18-11-7-4-8-12-18/h3-12,15-16,26H,13-14H2,1-2H3/b24-23-. The summed E-state index contributed by atoms with van der Waals surface area (Å²) >= 11 is 0. The van der Waals surface area contributed by atoms with Crippen LogP contribution in [-0.4, -0.2) is 26.5 Å². The highest BCUT2D eigenvalue weighted by Crippen LogP contribution is 2.38. The van der Waals surface area contributed by atoms with Crippen molar-refractivity contribution in [1.82, 2.24) is 5.32 Å². The van der Waals surface area contributed by atoms with Crippen LogP contribution in [0.2, 0.25) is 0 Å². The van der Waals surface area contributed by atoms with Gasteiger partial charge in [-0.05, 0) is 29.7 Å². The molecule has 1 aliphatic heterocycles. The predicted molar refractivity (Wildman–Crippen MR) is 115 cm³/mol. The number of benzene rings is 3. The van der Waals surface area contributed by atoms with Crippen LogP contribution in [0.1, 0.15) is 27.0 Å². The lowest BCUT2D eigenvalue weighted by Gasteiger charge is -2.26. The topological polar surface area (TPSA) is 47.6 Å². The second kappa shape index (κ2) is 8.23. The third-order valence-corrected chi connectivity index (χ3v) is 5.15. The van der Waals surface area contributed by atoms with Crippen molar-refractivity contribution >= 4 is 17.1 Å². The molecule has 1 heterocycles. The van der Waals surface area contributed by atoms with Crippen LogP contribution in [0, 0.1) is 0 Å². The SMILES string of the molecule is COc1cc2c(cc1OC)/C(=C(/C(=O)c1ccccc1)c1ccccc1)NCC2. The number of fused-ring (bicyclic) bond motifs is 1. The molecule has 0 aliphatic carbocycles. The fourth-order valence-corrected chi connectivity index (χ4v) is 3.73. The van der Waals surface area contributed by atoms with Crippen LogP contribution in [0.15, 0.2) is 72.8 Å². The van der Waals surface area contributed by atoms with Crippen molar-refractivity contribution in [2.75, 3.05) is 20.8 Å². The first-order chi connectivity index (χ1) is 14.2. The highest BCUT2D eigenvalue weighted by Gasteiger charge is 2.25. The van der Waals surface area contributed by atoms with Crippen LogP contribution in [0.4, 0.5) is 0 Å². The molecule has 4 rings (SSSR count). The van der Waals surface area contributed by atoms with Gasteiger partial charge in [0, 0.05) is 17.7 Å². The molecule has 29 heavy (non-hydrogen) atoms. The number of Topliss-reactive ketones (excluding diaryl/α,β-unsaturated/α-hetero) is 1. The van der Waals surface area contributed by atoms with Crippen LogP contribution in [0.3, 0.4) is 0 Å². The summed E-state index contributed by atoms with van der Waals surface area (Å²) in [5.41, 5.74) is 5.12. The maximum Gasteiger partial charge on any atom is 0.195 e. The van der Waals surface area contributed by atoms with Gasteiger partial charge < -0.3 is 14.8 Å². The Kier molecular flexibility index (Phi) is 5.34. The minimum absolute atomic E-state index is 0.0121. The summed E-state index contributed by atoms with van der Waals surface area (Å²) in [6.07, 6.45) is 0.848. The quantitative estimate of drug-likeness (QED) is 0.515. The van der Waals surface area contributed by atoms with Gasteiger partial charge >= 0.3 is 0 Å². The van der Waals surface area contributed by atoms with Gasteiger partial charge in [-0.2, -0.15) is 0 Å². The molecule has 4 nitrogen and oxygen atoms in total. The molecule has 0 aromatic heterocycles. The summed E-state index contributed by atoms with van der Waals surface area (Å²) in [4.78, 5) is 13.6. The van der Waals surface area contributed by atoms with Gasteiger partial charge in [-0.25, -0.2) is 0 Å². The van der Waals surface area contributed by atoms with Gasteiger partial charge in [-0.3, -0.25) is 4.79 Å². The van der Waals surface area contributed by atoms with E-state index < -0.39 is 0 Å². The Balaban J connectivity index is 1.97. The lowest BCUT2D eigenvalue weighted by atomic mass is 9.88. The Morgan fingerprint density at radius 3 is 2.03 bits per heavy atom. The van der Waals surface area contributed by atoms with E-state index in [1.807, 2.05) is 72.8 Å². The molecule has 146 valence electrons. The third kappa shape index (κ3) is 3.61. The first kappa shape index (κ1) is 18.8. The van der Waals surface area contributed by atoms with Crippen molar-refractivity contribution in [3.63, 3.8) is 0 Å². The number of ether oxygens (including phenoxy) is 2. The lowest BCUT2D eigenvalue weighted by molar-refractivity contribution is 0.105. The van der Waals surface area contributed by atoms with E-state index in [-0.39, 0.29) is 5.78 Å². The van der Waals surface area contributed by atoms with E-state index in [1.165, 1.54) is 0 Å². The molecule has 0 unspecified atom stereocenters. The van der Waals surface area contributed by atoms with E-state index in [4.69, 9.17) is 9.47 Å². The number of allylic oxidation sites excluding steroid dienone is 1. The predicted octanol–water partition coefficient (Wildman–Crippen LogP) is 4.60. The first-order valence-corrected chi connectivity index (χ1v) is 9.61. The van der Waals surface area contributed by atoms with Crippen molar-refractivity contribution in [3.8, 4) is 11.5 Å². The molecule has 1 aliphatic rings. The van der Waals surface area contributed by atoms with Crippen LogP contribution in [0.25, 0.3) is 11.3 Å². The van der Waals surface area contributed by atoms with Gasteiger partial charge in [0.15, 0.2) is 17.3 Å². The summed E-state index contributed by atoms with van der Waals surface area (Å²) in [7, 11) is 3.26. The van der Waals surface area contributed by atoms with E-state index in [1.54, 1.807) is 14.2 Å². The minimum atomic E-state index is -0.0121. The number of hydrogen-bond donors (Lipinski definition) is 1. The molecule has 0 saturated carbocycles. The molecule has 1 N–H and O–H groups in total. The summed E-state index contributed by atoms with van der Waals surface area (Å²) < 4.78 is 11.0. The van der Waals surface area contributed by atoms with E-state index in [9.17, 15) is 4.79 Å². The average Bonchev–Trinajstić information content (AvgIpc) is 2.79. The van der Waals surface area contributed by atoms with Crippen LogP contribution >= 0.6 is 0 Å². The van der Waals surface area contributed by atoms with E-state index >= 15 is 0 Å². The lowest BCUT2D eigenvalue weighted by Crippen LogP contribution is -2.25. The fourth-order valence-electron chi connectivity index (χ4n) is 3.73. The van der Waals surface area contributed by atoms with Crippen LogP contribution < -0.4 is 14.8 Å². The average molecular weight is 385 g/mol. The van der Waals surface area contributed by atoms with Gasteiger partial charge in [0.1, 0.15) is 0 Å². The number of rotatable bonds is 5. The molecular weight excluding hydrogens is 362 g/mol. The van der Waals surface area contributed by atoms with E-state index in [0.29, 0.717) is 22.6 Å². The normalized spacial score (nSPS) is 14.4. The molecular formula is C25H23NO3. The van der Waals surface area contributed by atoms with Gasteiger partial charge in [0.2, 0.25) is 0 Å². The number of hydrogen-bond acceptors (Lipinski definition) is 4. The third-order valence-electron chi connectivity index (χ3n) is 5.15. The Hall–Kier alpha value is -3.53. The molecule has 0 spiro atoms. The fraction of sp³-hybridized carbons (Fsp3) is 0.160. The Bertz CT molecular complexity index is 1060. The van der Waals surface area contributed by atoms with Gasteiger partial charge in [-0.15, -0.1) is 0 Å². The molecule has 0 radical (unpaired) electrons. The van der Waals surface area contributed by atoms with E-state index in [2.05, 4.69) is 5.32 Å². The van der Waals surface area contributed by atoms with Crippen molar-refractivity contribution in [3.05, 3.63) is 95.1 Å². The van der Waals surface area contributed by atoms with Crippen molar-refractivity contribution in [2.45, 2.75) is 6.42 Å². The smallest absolute Gasteiger partial charge is 0.195 e. The summed E-state index contributed by atoms with van der Waals surface area (Å²) in [5.74, 6) is 1.33. The molecule has 3 aromatic rings. The second-order valence-corrected chi connectivity index (χ2v) is 6.85. The highest BCUT2D eigenvalue weighted by atomic mass is 16.5. The largest absolute Gasteiger partial charge is 0.493 e. The molecule has 0 bridgehead atoms. The Morgan fingerprint density at radius 1 is 0.828 bits per heavy atom. The zero-order chi connectivity index (χ0) is 20.2. The Labute approximate surface area is 170 Å². The van der Waals surface area contributed by atoms with Crippen LogP contribution in [-0.2, 0) is 6.42 Å². The minimum Gasteiger partial charge on any atom is -0.493 e.